The Labute approximate surface area is 117 Å². The molecule has 1 aromatic carbocycles. The smallest absolute Gasteiger partial charge is 0.348 e. The van der Waals surface area contributed by atoms with E-state index in [-0.39, 0.29) is 15.4 Å². The minimum atomic E-state index is -0.790. The molecule has 0 aliphatic heterocycles. The van der Waals surface area contributed by atoms with E-state index in [1.165, 1.54) is 19.2 Å². The predicted octanol–water partition coefficient (Wildman–Crippen LogP) is 3.07. The zero-order valence-corrected chi connectivity index (χ0v) is 11.1. The molecule has 7 heteroatoms. The van der Waals surface area contributed by atoms with Crippen LogP contribution in [-0.2, 0) is 4.74 Å². The number of hydrogen-bond donors (Lipinski definition) is 1. The summed E-state index contributed by atoms with van der Waals surface area (Å²) in [6, 6.07) is 5.57. The van der Waals surface area contributed by atoms with Crippen molar-refractivity contribution in [2.24, 2.45) is 0 Å². The van der Waals surface area contributed by atoms with Gasteiger partial charge in [0.25, 0.3) is 5.91 Å². The molecule has 0 spiro atoms. The fraction of sp³-hybridized carbons (Fsp3) is 0.0769. The van der Waals surface area contributed by atoms with Gasteiger partial charge in [0.2, 0.25) is 0 Å². The van der Waals surface area contributed by atoms with Gasteiger partial charge in [0.15, 0.2) is 0 Å². The van der Waals surface area contributed by atoms with Gasteiger partial charge in [-0.1, -0.05) is 0 Å². The molecule has 0 saturated carbocycles. The first-order chi connectivity index (χ1) is 9.49. The van der Waals surface area contributed by atoms with Crippen LogP contribution in [0.5, 0.6) is 0 Å². The van der Waals surface area contributed by atoms with Gasteiger partial charge < -0.3 is 10.1 Å². The summed E-state index contributed by atoms with van der Waals surface area (Å²) in [5.41, 5.74) is 0.000480. The lowest BCUT2D eigenvalue weighted by Crippen LogP contribution is -2.10. The van der Waals surface area contributed by atoms with Crippen LogP contribution in [0.2, 0.25) is 0 Å². The first kappa shape index (κ1) is 14.1. The Kier molecular flexibility index (Phi) is 4.09. The van der Waals surface area contributed by atoms with Crippen LogP contribution in [-0.4, -0.2) is 19.0 Å². The molecule has 1 heterocycles. The van der Waals surface area contributed by atoms with Gasteiger partial charge in [0, 0.05) is 11.8 Å². The molecule has 0 bridgehead atoms. The van der Waals surface area contributed by atoms with Gasteiger partial charge in [-0.2, -0.15) is 0 Å². The van der Waals surface area contributed by atoms with Gasteiger partial charge in [-0.3, -0.25) is 4.79 Å². The highest BCUT2D eigenvalue weighted by molar-refractivity contribution is 7.16. The molecule has 0 atom stereocenters. The Balaban J connectivity index is 2.15. The van der Waals surface area contributed by atoms with Crippen LogP contribution in [0.15, 0.2) is 30.3 Å². The van der Waals surface area contributed by atoms with E-state index < -0.39 is 23.5 Å². The first-order valence-corrected chi connectivity index (χ1v) is 6.27. The van der Waals surface area contributed by atoms with Gasteiger partial charge in [-0.25, -0.2) is 13.6 Å². The molecule has 0 unspecified atom stereocenters. The lowest BCUT2D eigenvalue weighted by atomic mass is 10.3. The Morgan fingerprint density at radius 3 is 2.30 bits per heavy atom. The molecule has 0 aliphatic carbocycles. The van der Waals surface area contributed by atoms with Crippen molar-refractivity contribution < 1.29 is 23.1 Å². The molecule has 104 valence electrons. The van der Waals surface area contributed by atoms with E-state index in [2.05, 4.69) is 10.1 Å². The predicted molar refractivity (Wildman–Crippen MR) is 70.0 cm³/mol. The van der Waals surface area contributed by atoms with Crippen molar-refractivity contribution >= 4 is 28.9 Å². The molecule has 1 amide bonds. The lowest BCUT2D eigenvalue weighted by molar-refractivity contribution is 0.0606. The van der Waals surface area contributed by atoms with E-state index in [0.29, 0.717) is 6.07 Å². The van der Waals surface area contributed by atoms with E-state index in [0.717, 1.165) is 23.5 Å². The van der Waals surface area contributed by atoms with Crippen molar-refractivity contribution in [1.82, 2.24) is 0 Å². The number of thiophene rings is 1. The molecule has 0 fully saturated rings. The molecule has 4 nitrogen and oxygen atoms in total. The molecule has 0 saturated heterocycles. The van der Waals surface area contributed by atoms with Gasteiger partial charge in [-0.05, 0) is 24.3 Å². The number of methoxy groups -OCH3 is 1. The van der Waals surface area contributed by atoms with E-state index in [1.807, 2.05) is 0 Å². The van der Waals surface area contributed by atoms with Gasteiger partial charge in [-0.15, -0.1) is 11.3 Å². The topological polar surface area (TPSA) is 55.4 Å². The highest BCUT2D eigenvalue weighted by Crippen LogP contribution is 2.20. The third-order valence-corrected chi connectivity index (χ3v) is 3.40. The van der Waals surface area contributed by atoms with Crippen molar-refractivity contribution in [3.8, 4) is 0 Å². The fourth-order valence-electron chi connectivity index (χ4n) is 1.49. The third-order valence-electron chi connectivity index (χ3n) is 2.34. The summed E-state index contributed by atoms with van der Waals surface area (Å²) in [5.74, 6) is -2.69. The quantitative estimate of drug-likeness (QED) is 0.886. The molecule has 2 aromatic rings. The number of anilines is 1. The number of esters is 1. The normalized spacial score (nSPS) is 10.2. The summed E-state index contributed by atoms with van der Waals surface area (Å²) in [7, 11) is 1.23. The van der Waals surface area contributed by atoms with E-state index in [4.69, 9.17) is 0 Å². The summed E-state index contributed by atoms with van der Waals surface area (Å²) in [6.45, 7) is 0. The lowest BCUT2D eigenvalue weighted by Gasteiger charge is -2.03. The maximum Gasteiger partial charge on any atom is 0.348 e. The van der Waals surface area contributed by atoms with Crippen molar-refractivity contribution in [2.45, 2.75) is 0 Å². The maximum absolute atomic E-state index is 13.0. The Bertz CT molecular complexity index is 649. The van der Waals surface area contributed by atoms with Gasteiger partial charge in [0.1, 0.15) is 16.5 Å². The summed E-state index contributed by atoms with van der Waals surface area (Å²) in [4.78, 5) is 23.6. The van der Waals surface area contributed by atoms with Crippen molar-refractivity contribution in [1.29, 1.82) is 0 Å². The number of halogens is 2. The number of ether oxygens (including phenoxy) is 1. The van der Waals surface area contributed by atoms with Crippen LogP contribution < -0.4 is 5.32 Å². The summed E-state index contributed by atoms with van der Waals surface area (Å²) < 4.78 is 30.5. The zero-order chi connectivity index (χ0) is 14.7. The highest BCUT2D eigenvalue weighted by atomic mass is 32.1. The maximum atomic E-state index is 13.0. The molecule has 0 radical (unpaired) electrons. The number of carbonyl (C=O) groups is 2. The second-order valence-electron chi connectivity index (χ2n) is 3.77. The molecular weight excluding hydrogens is 288 g/mol. The number of rotatable bonds is 3. The van der Waals surface area contributed by atoms with Gasteiger partial charge >= 0.3 is 5.97 Å². The number of nitrogens with one attached hydrogen (secondary N) is 1. The van der Waals surface area contributed by atoms with Gasteiger partial charge in [0.05, 0.1) is 12.0 Å². The molecular formula is C13H9F2NO3S. The zero-order valence-electron chi connectivity index (χ0n) is 10.3. The Morgan fingerprint density at radius 1 is 1.10 bits per heavy atom. The number of carbonyl (C=O) groups excluding carboxylic acids is 2. The molecule has 1 aromatic heterocycles. The SMILES string of the molecule is COC(=O)c1ccc(C(=O)Nc2cc(F)cc(F)c2)s1. The van der Waals surface area contributed by atoms with E-state index in [1.54, 1.807) is 0 Å². The summed E-state index contributed by atoms with van der Waals surface area (Å²) in [5, 5.41) is 2.35. The fourth-order valence-corrected chi connectivity index (χ4v) is 2.31. The van der Waals surface area contributed by atoms with Crippen LogP contribution in [0.25, 0.3) is 0 Å². The average molecular weight is 297 g/mol. The average Bonchev–Trinajstić information content (AvgIpc) is 2.86. The standard InChI is InChI=1S/C13H9F2NO3S/c1-19-13(18)11-3-2-10(20-11)12(17)16-9-5-7(14)4-8(15)6-9/h2-6H,1H3,(H,16,17). The summed E-state index contributed by atoms with van der Waals surface area (Å²) in [6.07, 6.45) is 0. The van der Waals surface area contributed by atoms with Crippen LogP contribution in [0.3, 0.4) is 0 Å². The van der Waals surface area contributed by atoms with Crippen molar-refractivity contribution in [2.75, 3.05) is 12.4 Å². The molecule has 2 rings (SSSR count). The van der Waals surface area contributed by atoms with Crippen LogP contribution >= 0.6 is 11.3 Å². The molecule has 0 aliphatic rings. The molecule has 20 heavy (non-hydrogen) atoms. The minimum absolute atomic E-state index is 0.000480. The molecule has 1 N–H and O–H groups in total. The minimum Gasteiger partial charge on any atom is -0.465 e. The first-order valence-electron chi connectivity index (χ1n) is 5.45. The number of benzene rings is 1. The second kappa shape index (κ2) is 5.79. The van der Waals surface area contributed by atoms with E-state index >= 15 is 0 Å². The van der Waals surface area contributed by atoms with Crippen LogP contribution in [0, 0.1) is 11.6 Å². The third kappa shape index (κ3) is 3.18. The largest absolute Gasteiger partial charge is 0.465 e. The monoisotopic (exact) mass is 297 g/mol. The van der Waals surface area contributed by atoms with Crippen molar-refractivity contribution in [3.05, 3.63) is 51.7 Å². The number of amides is 1. The highest BCUT2D eigenvalue weighted by Gasteiger charge is 2.14. The van der Waals surface area contributed by atoms with Crippen LogP contribution in [0.4, 0.5) is 14.5 Å². The Morgan fingerprint density at radius 2 is 1.70 bits per heavy atom. The second-order valence-corrected chi connectivity index (χ2v) is 4.85. The Hall–Kier alpha value is -2.28. The summed E-state index contributed by atoms with van der Waals surface area (Å²) >= 11 is 0.927. The van der Waals surface area contributed by atoms with Crippen molar-refractivity contribution in [3.63, 3.8) is 0 Å². The number of hydrogen-bond acceptors (Lipinski definition) is 4. The van der Waals surface area contributed by atoms with Crippen LogP contribution in [0.1, 0.15) is 19.3 Å². The van der Waals surface area contributed by atoms with E-state index in [9.17, 15) is 18.4 Å².